The Morgan fingerprint density at radius 3 is 2.78 bits per heavy atom. The van der Waals surface area contributed by atoms with Gasteiger partial charge < -0.3 is 0 Å². The van der Waals surface area contributed by atoms with Gasteiger partial charge in [-0.1, -0.05) is 12.1 Å². The normalized spacial score (nSPS) is 11.2. The second-order valence-electron chi connectivity index (χ2n) is 3.80. The van der Waals surface area contributed by atoms with E-state index in [1.54, 1.807) is 30.8 Å². The van der Waals surface area contributed by atoms with Crippen molar-refractivity contribution in [1.82, 2.24) is 4.72 Å². The first-order valence-electron chi connectivity index (χ1n) is 5.51. The Morgan fingerprint density at radius 1 is 1.44 bits per heavy atom. The first-order chi connectivity index (χ1) is 8.53. The number of hydrogen-bond donors (Lipinski definition) is 1. The van der Waals surface area contributed by atoms with Crippen LogP contribution in [0.3, 0.4) is 0 Å². The third kappa shape index (κ3) is 3.73. The number of sulfonamides is 1. The summed E-state index contributed by atoms with van der Waals surface area (Å²) in [6.07, 6.45) is 2.75. The molecular formula is C12H16N2O2S2. The molecule has 0 aliphatic heterocycles. The van der Waals surface area contributed by atoms with Gasteiger partial charge in [-0.15, -0.1) is 0 Å². The minimum Gasteiger partial charge on any atom is -0.211 e. The Labute approximate surface area is 112 Å². The van der Waals surface area contributed by atoms with Crippen molar-refractivity contribution in [2.45, 2.75) is 18.2 Å². The zero-order valence-corrected chi connectivity index (χ0v) is 12.1. The van der Waals surface area contributed by atoms with Gasteiger partial charge >= 0.3 is 0 Å². The largest absolute Gasteiger partial charge is 0.241 e. The molecule has 0 radical (unpaired) electrons. The smallest absolute Gasteiger partial charge is 0.211 e. The van der Waals surface area contributed by atoms with E-state index >= 15 is 0 Å². The SMILES string of the molecule is CSCCCNS(=O)(=O)c1cccc(C)c1C#N. The van der Waals surface area contributed by atoms with Crippen molar-refractivity contribution < 1.29 is 8.42 Å². The molecule has 0 saturated carbocycles. The number of thioether (sulfide) groups is 1. The van der Waals surface area contributed by atoms with E-state index in [2.05, 4.69) is 4.72 Å². The van der Waals surface area contributed by atoms with Gasteiger partial charge in [0.25, 0.3) is 0 Å². The summed E-state index contributed by atoms with van der Waals surface area (Å²) >= 11 is 1.67. The van der Waals surface area contributed by atoms with Gasteiger partial charge in [-0.25, -0.2) is 13.1 Å². The van der Waals surface area contributed by atoms with Crippen molar-refractivity contribution in [1.29, 1.82) is 5.26 Å². The molecule has 0 heterocycles. The van der Waals surface area contributed by atoms with E-state index in [0.29, 0.717) is 12.1 Å². The van der Waals surface area contributed by atoms with Crippen LogP contribution in [0.25, 0.3) is 0 Å². The molecule has 18 heavy (non-hydrogen) atoms. The zero-order valence-electron chi connectivity index (χ0n) is 10.4. The number of nitrogens with zero attached hydrogens (tertiary/aromatic N) is 1. The number of nitrogens with one attached hydrogen (secondary N) is 1. The van der Waals surface area contributed by atoms with Gasteiger partial charge in [0.15, 0.2) is 0 Å². The molecule has 1 N–H and O–H groups in total. The van der Waals surface area contributed by atoms with Crippen LogP contribution in [-0.2, 0) is 10.0 Å². The molecule has 0 aliphatic carbocycles. The molecule has 6 heteroatoms. The molecule has 0 aromatic heterocycles. The van der Waals surface area contributed by atoms with Gasteiger partial charge in [-0.2, -0.15) is 17.0 Å². The molecule has 0 spiro atoms. The lowest BCUT2D eigenvalue weighted by Crippen LogP contribution is -2.26. The molecule has 1 aromatic rings. The minimum atomic E-state index is -3.59. The highest BCUT2D eigenvalue weighted by atomic mass is 32.2. The average Bonchev–Trinajstić information content (AvgIpc) is 2.34. The number of rotatable bonds is 6. The fourth-order valence-corrected chi connectivity index (χ4v) is 3.24. The molecule has 0 fully saturated rings. The van der Waals surface area contributed by atoms with E-state index in [1.807, 2.05) is 12.3 Å². The van der Waals surface area contributed by atoms with Crippen molar-refractivity contribution in [2.24, 2.45) is 0 Å². The van der Waals surface area contributed by atoms with Crippen LogP contribution in [0.5, 0.6) is 0 Å². The maximum atomic E-state index is 12.1. The maximum absolute atomic E-state index is 12.1. The molecule has 0 amide bonds. The van der Waals surface area contributed by atoms with E-state index in [1.165, 1.54) is 6.07 Å². The molecule has 4 nitrogen and oxygen atoms in total. The summed E-state index contributed by atoms with van der Waals surface area (Å²) < 4.78 is 26.6. The van der Waals surface area contributed by atoms with Crippen molar-refractivity contribution in [3.05, 3.63) is 29.3 Å². The van der Waals surface area contributed by atoms with Gasteiger partial charge in [0, 0.05) is 6.54 Å². The molecular weight excluding hydrogens is 268 g/mol. The Bertz CT molecular complexity index is 548. The van der Waals surface area contributed by atoms with Crippen LogP contribution in [0.4, 0.5) is 0 Å². The monoisotopic (exact) mass is 284 g/mol. The lowest BCUT2D eigenvalue weighted by atomic mass is 10.1. The first-order valence-corrected chi connectivity index (χ1v) is 8.39. The average molecular weight is 284 g/mol. The number of nitriles is 1. The lowest BCUT2D eigenvalue weighted by Gasteiger charge is -2.09. The summed E-state index contributed by atoms with van der Waals surface area (Å²) in [5, 5.41) is 9.03. The number of aryl methyl sites for hydroxylation is 1. The van der Waals surface area contributed by atoms with Crippen molar-refractivity contribution in [3.8, 4) is 6.07 Å². The summed E-state index contributed by atoms with van der Waals surface area (Å²) in [4.78, 5) is 0.0640. The summed E-state index contributed by atoms with van der Waals surface area (Å²) in [7, 11) is -3.59. The van der Waals surface area contributed by atoms with Crippen molar-refractivity contribution in [3.63, 3.8) is 0 Å². The van der Waals surface area contributed by atoms with Crippen LogP contribution in [0, 0.1) is 18.3 Å². The Hall–Kier alpha value is -1.03. The quantitative estimate of drug-likeness (QED) is 0.810. The van der Waals surface area contributed by atoms with Gasteiger partial charge in [0.1, 0.15) is 6.07 Å². The van der Waals surface area contributed by atoms with Crippen LogP contribution >= 0.6 is 11.8 Å². The Balaban J connectivity index is 2.93. The van der Waals surface area contributed by atoms with Gasteiger partial charge in [-0.05, 0) is 37.0 Å². The van der Waals surface area contributed by atoms with Gasteiger partial charge in [-0.3, -0.25) is 0 Å². The summed E-state index contributed by atoms with van der Waals surface area (Å²) in [5.74, 6) is 0.904. The molecule has 0 saturated heterocycles. The van der Waals surface area contributed by atoms with Crippen LogP contribution in [0.15, 0.2) is 23.1 Å². The summed E-state index contributed by atoms with van der Waals surface area (Å²) in [6, 6.07) is 6.78. The summed E-state index contributed by atoms with van der Waals surface area (Å²) in [5.41, 5.74) is 0.888. The predicted molar refractivity (Wildman–Crippen MR) is 74.1 cm³/mol. The van der Waals surface area contributed by atoms with Crippen LogP contribution in [-0.4, -0.2) is 27.0 Å². The van der Waals surface area contributed by atoms with Gasteiger partial charge in [0.05, 0.1) is 10.5 Å². The predicted octanol–water partition coefficient (Wildman–Crippen LogP) is 1.90. The standard InChI is InChI=1S/C12H16N2O2S2/c1-10-5-3-6-12(11(10)9-13)18(15,16)14-7-4-8-17-2/h3,5-6,14H,4,7-8H2,1-2H3. The highest BCUT2D eigenvalue weighted by molar-refractivity contribution is 7.98. The molecule has 1 rings (SSSR count). The second-order valence-corrected chi connectivity index (χ2v) is 6.52. The van der Waals surface area contributed by atoms with E-state index in [9.17, 15) is 8.42 Å². The van der Waals surface area contributed by atoms with E-state index < -0.39 is 10.0 Å². The highest BCUT2D eigenvalue weighted by Crippen LogP contribution is 2.18. The van der Waals surface area contributed by atoms with Crippen LogP contribution in [0.2, 0.25) is 0 Å². The fraction of sp³-hybridized carbons (Fsp3) is 0.417. The minimum absolute atomic E-state index is 0.0640. The van der Waals surface area contributed by atoms with E-state index in [4.69, 9.17) is 5.26 Å². The third-order valence-corrected chi connectivity index (χ3v) is 4.65. The Kier molecular flexibility index (Phi) is 5.66. The molecule has 0 atom stereocenters. The molecule has 98 valence electrons. The van der Waals surface area contributed by atoms with Crippen molar-refractivity contribution in [2.75, 3.05) is 18.6 Å². The molecule has 1 aromatic carbocycles. The van der Waals surface area contributed by atoms with E-state index in [0.717, 1.165) is 12.2 Å². The molecule has 0 aliphatic rings. The van der Waals surface area contributed by atoms with E-state index in [-0.39, 0.29) is 10.5 Å². The zero-order chi connectivity index (χ0) is 13.6. The maximum Gasteiger partial charge on any atom is 0.241 e. The Morgan fingerprint density at radius 2 is 2.17 bits per heavy atom. The van der Waals surface area contributed by atoms with Crippen LogP contribution < -0.4 is 4.72 Å². The topological polar surface area (TPSA) is 70.0 Å². The third-order valence-electron chi connectivity index (χ3n) is 2.45. The number of benzene rings is 1. The first kappa shape index (κ1) is 15.0. The second kappa shape index (κ2) is 6.78. The molecule has 0 bridgehead atoms. The highest BCUT2D eigenvalue weighted by Gasteiger charge is 2.18. The van der Waals surface area contributed by atoms with Crippen LogP contribution in [0.1, 0.15) is 17.5 Å². The lowest BCUT2D eigenvalue weighted by molar-refractivity contribution is 0.580. The fourth-order valence-electron chi connectivity index (χ4n) is 1.51. The van der Waals surface area contributed by atoms with Crippen molar-refractivity contribution >= 4 is 21.8 Å². The van der Waals surface area contributed by atoms with Gasteiger partial charge in [0.2, 0.25) is 10.0 Å². The summed E-state index contributed by atoms with van der Waals surface area (Å²) in [6.45, 7) is 2.12. The number of hydrogen-bond acceptors (Lipinski definition) is 4. The molecule has 0 unspecified atom stereocenters.